The molecule has 0 bridgehead atoms. The van der Waals surface area contributed by atoms with E-state index < -0.39 is 0 Å². The molecule has 1 aliphatic rings. The molecule has 0 unspecified atom stereocenters. The molecule has 0 heterocycles. The van der Waals surface area contributed by atoms with Crippen LogP contribution in [0.25, 0.3) is 0 Å². The third-order valence-electron chi connectivity index (χ3n) is 4.05. The second kappa shape index (κ2) is 7.86. The first-order valence-electron chi connectivity index (χ1n) is 7.37. The summed E-state index contributed by atoms with van der Waals surface area (Å²) in [6.07, 6.45) is 7.28. The molecule has 0 saturated heterocycles. The number of rotatable bonds is 7. The van der Waals surface area contributed by atoms with Crippen LogP contribution in [0.2, 0.25) is 0 Å². The van der Waals surface area contributed by atoms with Gasteiger partial charge in [0, 0.05) is 13.0 Å². The van der Waals surface area contributed by atoms with Crippen molar-refractivity contribution < 1.29 is 4.79 Å². The Labute approximate surface area is 107 Å². The second-order valence-corrected chi connectivity index (χ2v) is 5.69. The molecule has 1 saturated carbocycles. The first kappa shape index (κ1) is 14.7. The average Bonchev–Trinajstić information content (AvgIpc) is 2.30. The first-order chi connectivity index (χ1) is 8.15. The van der Waals surface area contributed by atoms with E-state index in [-0.39, 0.29) is 0 Å². The summed E-state index contributed by atoms with van der Waals surface area (Å²) in [6.45, 7) is 9.94. The second-order valence-electron chi connectivity index (χ2n) is 5.69. The van der Waals surface area contributed by atoms with Gasteiger partial charge in [0.1, 0.15) is 5.78 Å². The largest absolute Gasteiger partial charge is 0.303 e. The molecular weight excluding hydrogens is 210 g/mol. The third kappa shape index (κ3) is 5.67. The number of carbonyl (C=O) groups is 1. The van der Waals surface area contributed by atoms with Gasteiger partial charge in [-0.2, -0.15) is 0 Å². The molecule has 1 rings (SSSR count). The Kier molecular flexibility index (Phi) is 6.79. The maximum absolute atomic E-state index is 11.1. The summed E-state index contributed by atoms with van der Waals surface area (Å²) < 4.78 is 0. The van der Waals surface area contributed by atoms with E-state index in [0.29, 0.717) is 11.7 Å². The summed E-state index contributed by atoms with van der Waals surface area (Å²) in [5, 5.41) is 0. The van der Waals surface area contributed by atoms with Crippen LogP contribution in [0.15, 0.2) is 0 Å². The molecular formula is C15H29NO. The quantitative estimate of drug-likeness (QED) is 0.677. The summed E-state index contributed by atoms with van der Waals surface area (Å²) in [6, 6.07) is 0. The van der Waals surface area contributed by atoms with Crippen LogP contribution in [0.1, 0.15) is 59.3 Å². The van der Waals surface area contributed by atoms with Crippen LogP contribution < -0.4 is 0 Å². The predicted octanol–water partition coefficient (Wildman–Crippen LogP) is 3.50. The topological polar surface area (TPSA) is 20.3 Å². The van der Waals surface area contributed by atoms with Crippen LogP contribution in [0.5, 0.6) is 0 Å². The Morgan fingerprint density at radius 3 is 2.18 bits per heavy atom. The van der Waals surface area contributed by atoms with Crippen molar-refractivity contribution in [3.05, 3.63) is 0 Å². The number of ketones is 1. The molecule has 0 atom stereocenters. The zero-order valence-electron chi connectivity index (χ0n) is 11.9. The van der Waals surface area contributed by atoms with Crippen LogP contribution >= 0.6 is 0 Å². The van der Waals surface area contributed by atoms with E-state index in [1.165, 1.54) is 51.7 Å². The highest BCUT2D eigenvalue weighted by Gasteiger charge is 2.23. The molecule has 0 spiro atoms. The van der Waals surface area contributed by atoms with Crippen molar-refractivity contribution in [2.75, 3.05) is 19.6 Å². The third-order valence-corrected chi connectivity index (χ3v) is 4.05. The van der Waals surface area contributed by atoms with Gasteiger partial charge in [0.25, 0.3) is 0 Å². The standard InChI is InChI=1S/C15H29NO/c1-4-10-16(5-2)12-15-8-6-14(7-9-15)11-13(3)17/h14-15H,4-12H2,1-3H3. The van der Waals surface area contributed by atoms with Gasteiger partial charge in [-0.05, 0) is 64.0 Å². The van der Waals surface area contributed by atoms with Gasteiger partial charge in [0.15, 0.2) is 0 Å². The molecule has 0 amide bonds. The maximum atomic E-state index is 11.1. The minimum Gasteiger partial charge on any atom is -0.303 e. The summed E-state index contributed by atoms with van der Waals surface area (Å²) in [5.41, 5.74) is 0. The SMILES string of the molecule is CCCN(CC)CC1CCC(CC(C)=O)CC1. The fourth-order valence-corrected chi connectivity index (χ4v) is 3.08. The van der Waals surface area contributed by atoms with Crippen molar-refractivity contribution in [1.29, 1.82) is 0 Å². The minimum absolute atomic E-state index is 0.370. The molecule has 1 aliphatic carbocycles. The zero-order chi connectivity index (χ0) is 12.7. The van der Waals surface area contributed by atoms with E-state index in [0.717, 1.165) is 12.3 Å². The first-order valence-corrected chi connectivity index (χ1v) is 7.37. The Balaban J connectivity index is 2.24. The van der Waals surface area contributed by atoms with Crippen LogP contribution in [-0.4, -0.2) is 30.3 Å². The number of hydrogen-bond acceptors (Lipinski definition) is 2. The molecule has 0 aliphatic heterocycles. The van der Waals surface area contributed by atoms with E-state index in [9.17, 15) is 4.79 Å². The number of Topliss-reactive ketones (excluding diaryl/α,β-unsaturated/α-hetero) is 1. The van der Waals surface area contributed by atoms with Crippen LogP contribution in [0, 0.1) is 11.8 Å². The molecule has 17 heavy (non-hydrogen) atoms. The van der Waals surface area contributed by atoms with E-state index in [4.69, 9.17) is 0 Å². The lowest BCUT2D eigenvalue weighted by Gasteiger charge is -2.32. The van der Waals surface area contributed by atoms with Crippen molar-refractivity contribution in [1.82, 2.24) is 4.90 Å². The number of nitrogens with zero attached hydrogens (tertiary/aromatic N) is 1. The lowest BCUT2D eigenvalue weighted by Crippen LogP contribution is -2.32. The summed E-state index contributed by atoms with van der Waals surface area (Å²) in [5.74, 6) is 1.93. The molecule has 1 fully saturated rings. The van der Waals surface area contributed by atoms with Crippen molar-refractivity contribution in [2.45, 2.75) is 59.3 Å². The highest BCUT2D eigenvalue weighted by atomic mass is 16.1. The van der Waals surface area contributed by atoms with Gasteiger partial charge in [-0.15, -0.1) is 0 Å². The minimum atomic E-state index is 0.370. The van der Waals surface area contributed by atoms with Crippen LogP contribution in [-0.2, 0) is 4.79 Å². The van der Waals surface area contributed by atoms with Crippen molar-refractivity contribution >= 4 is 5.78 Å². The van der Waals surface area contributed by atoms with E-state index in [1.54, 1.807) is 6.92 Å². The van der Waals surface area contributed by atoms with Crippen LogP contribution in [0.3, 0.4) is 0 Å². The highest BCUT2D eigenvalue weighted by molar-refractivity contribution is 5.75. The van der Waals surface area contributed by atoms with Crippen molar-refractivity contribution in [3.63, 3.8) is 0 Å². The van der Waals surface area contributed by atoms with Gasteiger partial charge in [-0.3, -0.25) is 0 Å². The van der Waals surface area contributed by atoms with E-state index >= 15 is 0 Å². The average molecular weight is 239 g/mol. The van der Waals surface area contributed by atoms with Gasteiger partial charge in [-0.1, -0.05) is 13.8 Å². The molecule has 2 nitrogen and oxygen atoms in total. The monoisotopic (exact) mass is 239 g/mol. The van der Waals surface area contributed by atoms with Gasteiger partial charge >= 0.3 is 0 Å². The maximum Gasteiger partial charge on any atom is 0.130 e. The van der Waals surface area contributed by atoms with E-state index in [1.807, 2.05) is 0 Å². The summed E-state index contributed by atoms with van der Waals surface area (Å²) in [4.78, 5) is 13.7. The van der Waals surface area contributed by atoms with E-state index in [2.05, 4.69) is 18.7 Å². The van der Waals surface area contributed by atoms with Gasteiger partial charge in [-0.25, -0.2) is 0 Å². The summed E-state index contributed by atoms with van der Waals surface area (Å²) >= 11 is 0. The molecule has 0 N–H and O–H groups in total. The molecule has 0 aromatic carbocycles. The van der Waals surface area contributed by atoms with Gasteiger partial charge < -0.3 is 9.69 Å². The van der Waals surface area contributed by atoms with Crippen molar-refractivity contribution in [3.8, 4) is 0 Å². The fraction of sp³-hybridized carbons (Fsp3) is 0.933. The van der Waals surface area contributed by atoms with Gasteiger partial charge in [0.05, 0.1) is 0 Å². The normalized spacial score (nSPS) is 25.2. The molecule has 100 valence electrons. The highest BCUT2D eigenvalue weighted by Crippen LogP contribution is 2.31. The Hall–Kier alpha value is -0.370. The predicted molar refractivity (Wildman–Crippen MR) is 73.2 cm³/mol. The van der Waals surface area contributed by atoms with Gasteiger partial charge in [0.2, 0.25) is 0 Å². The summed E-state index contributed by atoms with van der Waals surface area (Å²) in [7, 11) is 0. The Morgan fingerprint density at radius 1 is 1.12 bits per heavy atom. The molecule has 0 radical (unpaired) electrons. The number of carbonyl (C=O) groups excluding carboxylic acids is 1. The molecule has 0 aromatic heterocycles. The fourth-order valence-electron chi connectivity index (χ4n) is 3.08. The lowest BCUT2D eigenvalue weighted by molar-refractivity contribution is -0.118. The Bertz CT molecular complexity index is 219. The zero-order valence-corrected chi connectivity index (χ0v) is 11.9. The smallest absolute Gasteiger partial charge is 0.130 e. The molecule has 0 aromatic rings. The molecule has 2 heteroatoms. The lowest BCUT2D eigenvalue weighted by atomic mass is 9.79. The Morgan fingerprint density at radius 2 is 1.71 bits per heavy atom. The number of hydrogen-bond donors (Lipinski definition) is 0. The van der Waals surface area contributed by atoms with Crippen LogP contribution in [0.4, 0.5) is 0 Å². The van der Waals surface area contributed by atoms with Crippen molar-refractivity contribution in [2.24, 2.45) is 11.8 Å².